The maximum Gasteiger partial charge on any atom is 0.249 e. The maximum absolute atomic E-state index is 3.04. The molecule has 274 valence electrons. The SMILES string of the molecule is CC(C)Cc1ccc2c3c(ccc2c1)-c1c(ccc2c1C1=C(c4ccccc4C1)C2(C)C)C31CN(C2CCCCC2)C(C(C)C)=[N+](C2CCCCC2)C1. The van der Waals surface area contributed by atoms with Gasteiger partial charge in [-0.05, 0) is 142 Å². The number of hydrogen-bond donors (Lipinski definition) is 0. The zero-order valence-electron chi connectivity index (χ0n) is 33.5. The van der Waals surface area contributed by atoms with E-state index in [9.17, 15) is 0 Å². The van der Waals surface area contributed by atoms with Gasteiger partial charge in [-0.2, -0.15) is 0 Å². The van der Waals surface area contributed by atoms with E-state index in [4.69, 9.17) is 0 Å². The molecule has 6 aliphatic rings. The van der Waals surface area contributed by atoms with Crippen molar-refractivity contribution in [1.29, 1.82) is 0 Å². The van der Waals surface area contributed by atoms with Gasteiger partial charge in [0.15, 0.2) is 0 Å². The molecule has 0 N–H and O–H groups in total. The predicted octanol–water partition coefficient (Wildman–Crippen LogP) is 12.1. The monoisotopic (exact) mass is 701 g/mol. The Morgan fingerprint density at radius 1 is 0.755 bits per heavy atom. The van der Waals surface area contributed by atoms with Gasteiger partial charge >= 0.3 is 0 Å². The highest BCUT2D eigenvalue weighted by Crippen LogP contribution is 2.63. The highest BCUT2D eigenvalue weighted by atomic mass is 15.3. The summed E-state index contributed by atoms with van der Waals surface area (Å²) in [5.74, 6) is 2.84. The number of fused-ring (bicyclic) bond motifs is 12. The van der Waals surface area contributed by atoms with Crippen LogP contribution in [0.3, 0.4) is 0 Å². The molecule has 1 spiro atoms. The number of amidine groups is 1. The summed E-state index contributed by atoms with van der Waals surface area (Å²) < 4.78 is 3.04. The van der Waals surface area contributed by atoms with Crippen LogP contribution in [0.4, 0.5) is 0 Å². The Labute approximate surface area is 319 Å². The number of benzene rings is 4. The topological polar surface area (TPSA) is 6.25 Å². The molecule has 10 rings (SSSR count). The van der Waals surface area contributed by atoms with Crippen LogP contribution >= 0.6 is 0 Å². The van der Waals surface area contributed by atoms with Crippen molar-refractivity contribution in [3.05, 3.63) is 106 Å². The first-order chi connectivity index (χ1) is 25.7. The van der Waals surface area contributed by atoms with E-state index in [-0.39, 0.29) is 10.8 Å². The van der Waals surface area contributed by atoms with Crippen molar-refractivity contribution in [2.45, 2.75) is 142 Å². The van der Waals surface area contributed by atoms with Crippen LogP contribution < -0.4 is 0 Å². The standard InChI is InChI=1S/C51H61N2/c1-32(2)27-34-21-23-40-36(28-34)22-24-41-45-44(26-25-43-46(45)42-29-35-15-13-14-20-39(35)47(42)50(43,5)6)51(48(40)41)30-52(37-16-9-7-10-17-37)49(33(3)4)53(31-51)38-18-11-8-12-19-38/h13-15,20-26,28,32-33,37-38H,7-12,16-19,27,29-31H2,1-6H3/q+1. The van der Waals surface area contributed by atoms with Crippen molar-refractivity contribution in [2.75, 3.05) is 13.1 Å². The minimum absolute atomic E-state index is 0.0156. The molecular formula is C51H61N2+. The summed E-state index contributed by atoms with van der Waals surface area (Å²) in [6.45, 7) is 16.9. The van der Waals surface area contributed by atoms with E-state index in [0.717, 1.165) is 25.9 Å². The number of allylic oxidation sites excluding steroid dienone is 2. The van der Waals surface area contributed by atoms with Crippen molar-refractivity contribution >= 4 is 27.8 Å². The second-order valence-corrected chi connectivity index (χ2v) is 19.3. The molecule has 0 amide bonds. The first-order valence-corrected chi connectivity index (χ1v) is 21.6. The molecule has 0 radical (unpaired) electrons. The van der Waals surface area contributed by atoms with E-state index in [0.29, 0.717) is 23.9 Å². The zero-order valence-corrected chi connectivity index (χ0v) is 33.5. The van der Waals surface area contributed by atoms with Crippen LogP contribution in [-0.2, 0) is 23.7 Å². The van der Waals surface area contributed by atoms with Crippen molar-refractivity contribution in [2.24, 2.45) is 11.8 Å². The predicted molar refractivity (Wildman–Crippen MR) is 224 cm³/mol. The molecule has 53 heavy (non-hydrogen) atoms. The lowest BCUT2D eigenvalue weighted by atomic mass is 9.72. The van der Waals surface area contributed by atoms with Gasteiger partial charge in [0.05, 0.1) is 23.4 Å². The van der Waals surface area contributed by atoms with E-state index < -0.39 is 0 Å². The Balaban J connectivity index is 1.27. The molecule has 0 saturated heterocycles. The summed E-state index contributed by atoms with van der Waals surface area (Å²) in [4.78, 5) is 3.04. The van der Waals surface area contributed by atoms with E-state index in [1.54, 1.807) is 44.8 Å². The van der Waals surface area contributed by atoms with Crippen LogP contribution in [0.1, 0.15) is 145 Å². The van der Waals surface area contributed by atoms with Gasteiger partial charge in [0.2, 0.25) is 5.84 Å². The van der Waals surface area contributed by atoms with Gasteiger partial charge in [-0.15, -0.1) is 0 Å². The van der Waals surface area contributed by atoms with E-state index in [2.05, 4.69) is 118 Å². The molecule has 5 aliphatic carbocycles. The molecule has 0 aromatic heterocycles. The van der Waals surface area contributed by atoms with Gasteiger partial charge in [-0.1, -0.05) is 121 Å². The molecule has 4 aromatic carbocycles. The molecule has 2 saturated carbocycles. The molecule has 1 unspecified atom stereocenters. The molecule has 4 aromatic rings. The Morgan fingerprint density at radius 2 is 1.49 bits per heavy atom. The first-order valence-electron chi connectivity index (χ1n) is 21.6. The minimum Gasteiger partial charge on any atom is -0.261 e. The fourth-order valence-electron chi connectivity index (χ4n) is 12.7. The molecule has 2 heteroatoms. The molecular weight excluding hydrogens is 641 g/mol. The summed E-state index contributed by atoms with van der Waals surface area (Å²) in [6, 6.07) is 28.5. The van der Waals surface area contributed by atoms with Gasteiger partial charge < -0.3 is 0 Å². The summed E-state index contributed by atoms with van der Waals surface area (Å²) in [7, 11) is 0. The van der Waals surface area contributed by atoms with Gasteiger partial charge in [-0.3, -0.25) is 9.48 Å². The third-order valence-electron chi connectivity index (χ3n) is 14.8. The quantitative estimate of drug-likeness (QED) is 0.188. The summed E-state index contributed by atoms with van der Waals surface area (Å²) >= 11 is 0. The van der Waals surface area contributed by atoms with Crippen LogP contribution in [0.2, 0.25) is 0 Å². The van der Waals surface area contributed by atoms with Crippen LogP contribution in [0, 0.1) is 11.8 Å². The van der Waals surface area contributed by atoms with Crippen LogP contribution in [0.15, 0.2) is 66.7 Å². The average molecular weight is 702 g/mol. The van der Waals surface area contributed by atoms with Gasteiger partial charge in [0.25, 0.3) is 0 Å². The second kappa shape index (κ2) is 12.4. The van der Waals surface area contributed by atoms with Crippen LogP contribution in [-0.4, -0.2) is 40.5 Å². The highest BCUT2D eigenvalue weighted by Gasteiger charge is 2.57. The summed E-state index contributed by atoms with van der Waals surface area (Å²) in [5, 5.41) is 2.94. The number of rotatable bonds is 5. The smallest absolute Gasteiger partial charge is 0.249 e. The lowest BCUT2D eigenvalue weighted by Gasteiger charge is -2.46. The van der Waals surface area contributed by atoms with E-state index in [1.165, 1.54) is 97.2 Å². The van der Waals surface area contributed by atoms with Crippen molar-refractivity contribution in [3.63, 3.8) is 0 Å². The average Bonchev–Trinajstić information content (AvgIpc) is 3.76. The molecule has 2 nitrogen and oxygen atoms in total. The Hall–Kier alpha value is -3.65. The van der Waals surface area contributed by atoms with Crippen molar-refractivity contribution in [1.82, 2.24) is 4.90 Å². The molecule has 1 atom stereocenters. The first kappa shape index (κ1) is 33.9. The summed E-state index contributed by atoms with van der Waals surface area (Å²) in [6.07, 6.45) is 15.8. The molecule has 1 heterocycles. The Bertz CT molecular complexity index is 2200. The number of nitrogens with zero attached hydrogens (tertiary/aromatic N) is 2. The third kappa shape index (κ3) is 4.98. The maximum atomic E-state index is 3.04. The Kier molecular flexibility index (Phi) is 7.95. The fourth-order valence-corrected chi connectivity index (χ4v) is 12.7. The molecule has 2 fully saturated rings. The molecule has 1 aliphatic heterocycles. The minimum atomic E-state index is -0.0923. The normalized spacial score (nSPS) is 23.7. The third-order valence-corrected chi connectivity index (χ3v) is 14.8. The largest absolute Gasteiger partial charge is 0.261 e. The summed E-state index contributed by atoms with van der Waals surface area (Å²) in [5.41, 5.74) is 17.1. The van der Waals surface area contributed by atoms with Gasteiger partial charge in [0.1, 0.15) is 13.1 Å². The van der Waals surface area contributed by atoms with E-state index in [1.807, 2.05) is 0 Å². The second-order valence-electron chi connectivity index (χ2n) is 19.3. The van der Waals surface area contributed by atoms with Crippen molar-refractivity contribution < 1.29 is 4.58 Å². The lowest BCUT2D eigenvalue weighted by molar-refractivity contribution is -0.588. The zero-order chi connectivity index (χ0) is 36.2. The van der Waals surface area contributed by atoms with E-state index >= 15 is 0 Å². The Morgan fingerprint density at radius 3 is 2.25 bits per heavy atom. The van der Waals surface area contributed by atoms with Gasteiger partial charge in [-0.25, -0.2) is 0 Å². The van der Waals surface area contributed by atoms with Gasteiger partial charge in [0, 0.05) is 5.41 Å². The molecule has 0 bridgehead atoms. The van der Waals surface area contributed by atoms with Crippen LogP contribution in [0.5, 0.6) is 0 Å². The van der Waals surface area contributed by atoms with Crippen molar-refractivity contribution in [3.8, 4) is 11.1 Å². The lowest BCUT2D eigenvalue weighted by Crippen LogP contribution is -2.62. The van der Waals surface area contributed by atoms with Crippen LogP contribution in [0.25, 0.3) is 33.0 Å². The number of hydrogen-bond acceptors (Lipinski definition) is 1. The fraction of sp³-hybridized carbons (Fsp3) is 0.510. The highest BCUT2D eigenvalue weighted by molar-refractivity contribution is 6.12.